The van der Waals surface area contributed by atoms with E-state index in [0.29, 0.717) is 6.04 Å². The number of rotatable bonds is 3. The highest BCUT2D eigenvalue weighted by molar-refractivity contribution is 5.78. The standard InChI is InChI=1S/C13H23NO2/c1-10(2)16-9-13(15)14-8-7-11-5-3-4-6-12(11)14/h10-12H,3-9H2,1-2H3. The van der Waals surface area contributed by atoms with Crippen molar-refractivity contribution in [2.24, 2.45) is 5.92 Å². The second kappa shape index (κ2) is 5.17. The normalized spacial score (nSPS) is 29.6. The quantitative estimate of drug-likeness (QED) is 0.737. The maximum Gasteiger partial charge on any atom is 0.248 e. The van der Waals surface area contributed by atoms with Crippen molar-refractivity contribution in [1.82, 2.24) is 4.90 Å². The first kappa shape index (κ1) is 11.9. The minimum Gasteiger partial charge on any atom is -0.369 e. The molecular formula is C13H23NO2. The number of hydrogen-bond donors (Lipinski definition) is 0. The van der Waals surface area contributed by atoms with Crippen LogP contribution in [0.1, 0.15) is 46.0 Å². The molecule has 3 heteroatoms. The van der Waals surface area contributed by atoms with E-state index in [9.17, 15) is 4.79 Å². The number of likely N-dealkylation sites (tertiary alicyclic amines) is 1. The predicted molar refractivity (Wildman–Crippen MR) is 63.2 cm³/mol. The molecule has 2 unspecified atom stereocenters. The lowest BCUT2D eigenvalue weighted by Crippen LogP contribution is -2.41. The topological polar surface area (TPSA) is 29.5 Å². The van der Waals surface area contributed by atoms with Crippen molar-refractivity contribution in [3.05, 3.63) is 0 Å². The van der Waals surface area contributed by atoms with Crippen molar-refractivity contribution in [2.75, 3.05) is 13.2 Å². The summed E-state index contributed by atoms with van der Waals surface area (Å²) in [6.07, 6.45) is 6.52. The maximum atomic E-state index is 12.0. The Kier molecular flexibility index (Phi) is 3.85. The number of fused-ring (bicyclic) bond motifs is 1. The van der Waals surface area contributed by atoms with Crippen LogP contribution in [0.4, 0.5) is 0 Å². The van der Waals surface area contributed by atoms with Gasteiger partial charge in [0.05, 0.1) is 6.10 Å². The molecule has 1 amide bonds. The van der Waals surface area contributed by atoms with Crippen LogP contribution in [0.5, 0.6) is 0 Å². The van der Waals surface area contributed by atoms with Gasteiger partial charge in [-0.3, -0.25) is 4.79 Å². The van der Waals surface area contributed by atoms with Crippen molar-refractivity contribution in [1.29, 1.82) is 0 Å². The van der Waals surface area contributed by atoms with Gasteiger partial charge in [0.1, 0.15) is 6.61 Å². The predicted octanol–water partition coefficient (Wildman–Crippen LogP) is 2.20. The molecule has 0 aromatic heterocycles. The number of nitrogens with zero attached hydrogens (tertiary/aromatic N) is 1. The molecule has 3 nitrogen and oxygen atoms in total. The van der Waals surface area contributed by atoms with E-state index in [1.807, 2.05) is 13.8 Å². The van der Waals surface area contributed by atoms with Gasteiger partial charge in [-0.05, 0) is 39.0 Å². The van der Waals surface area contributed by atoms with Gasteiger partial charge in [-0.1, -0.05) is 12.8 Å². The third-order valence-corrected chi connectivity index (χ3v) is 3.87. The Morgan fingerprint density at radius 1 is 1.31 bits per heavy atom. The van der Waals surface area contributed by atoms with Crippen molar-refractivity contribution >= 4 is 5.91 Å². The van der Waals surface area contributed by atoms with Crippen molar-refractivity contribution in [2.45, 2.75) is 58.1 Å². The lowest BCUT2D eigenvalue weighted by molar-refractivity contribution is -0.139. The smallest absolute Gasteiger partial charge is 0.248 e. The molecule has 1 aliphatic carbocycles. The SMILES string of the molecule is CC(C)OCC(=O)N1CCC2CCCCC21. The van der Waals surface area contributed by atoms with Gasteiger partial charge >= 0.3 is 0 Å². The molecule has 2 rings (SSSR count). The largest absolute Gasteiger partial charge is 0.369 e. The summed E-state index contributed by atoms with van der Waals surface area (Å²) in [6.45, 7) is 5.16. The van der Waals surface area contributed by atoms with Crippen LogP contribution in [0.15, 0.2) is 0 Å². The molecule has 2 atom stereocenters. The number of ether oxygens (including phenoxy) is 1. The third kappa shape index (κ3) is 2.57. The first-order chi connectivity index (χ1) is 7.68. The van der Waals surface area contributed by atoms with Crippen LogP contribution >= 0.6 is 0 Å². The molecule has 16 heavy (non-hydrogen) atoms. The molecule has 1 heterocycles. The molecule has 1 saturated heterocycles. The first-order valence-electron chi connectivity index (χ1n) is 6.59. The monoisotopic (exact) mass is 225 g/mol. The van der Waals surface area contributed by atoms with Crippen molar-refractivity contribution in [3.63, 3.8) is 0 Å². The van der Waals surface area contributed by atoms with Crippen molar-refractivity contribution < 1.29 is 9.53 Å². The van der Waals surface area contributed by atoms with Crippen LogP contribution < -0.4 is 0 Å². The van der Waals surface area contributed by atoms with Crippen LogP contribution in [-0.4, -0.2) is 36.1 Å². The second-order valence-corrected chi connectivity index (χ2v) is 5.35. The molecule has 0 radical (unpaired) electrons. The molecule has 0 N–H and O–H groups in total. The van der Waals surface area contributed by atoms with Crippen molar-refractivity contribution in [3.8, 4) is 0 Å². The van der Waals surface area contributed by atoms with Crippen LogP contribution in [-0.2, 0) is 9.53 Å². The summed E-state index contributed by atoms with van der Waals surface area (Å²) in [4.78, 5) is 14.1. The highest BCUT2D eigenvalue weighted by Crippen LogP contribution is 2.36. The van der Waals surface area contributed by atoms with E-state index in [-0.39, 0.29) is 18.6 Å². The zero-order valence-corrected chi connectivity index (χ0v) is 10.4. The molecule has 1 aliphatic heterocycles. The Morgan fingerprint density at radius 2 is 2.06 bits per heavy atom. The number of amides is 1. The highest BCUT2D eigenvalue weighted by Gasteiger charge is 2.37. The van der Waals surface area contributed by atoms with Gasteiger partial charge in [0.25, 0.3) is 0 Å². The highest BCUT2D eigenvalue weighted by atomic mass is 16.5. The first-order valence-corrected chi connectivity index (χ1v) is 6.59. The summed E-state index contributed by atoms with van der Waals surface area (Å²) in [6, 6.07) is 0.525. The van der Waals surface area contributed by atoms with Gasteiger partial charge in [0, 0.05) is 12.6 Å². The lowest BCUT2D eigenvalue weighted by Gasteiger charge is -2.31. The van der Waals surface area contributed by atoms with Gasteiger partial charge < -0.3 is 9.64 Å². The molecule has 0 bridgehead atoms. The van der Waals surface area contributed by atoms with Crippen LogP contribution in [0.2, 0.25) is 0 Å². The molecule has 2 aliphatic rings. The fourth-order valence-electron chi connectivity index (χ4n) is 3.04. The Morgan fingerprint density at radius 3 is 2.81 bits per heavy atom. The third-order valence-electron chi connectivity index (χ3n) is 3.87. The van der Waals surface area contributed by atoms with E-state index in [0.717, 1.165) is 12.5 Å². The van der Waals surface area contributed by atoms with E-state index < -0.39 is 0 Å². The average molecular weight is 225 g/mol. The van der Waals surface area contributed by atoms with Crippen LogP contribution in [0.25, 0.3) is 0 Å². The van der Waals surface area contributed by atoms with Gasteiger partial charge in [-0.2, -0.15) is 0 Å². The van der Waals surface area contributed by atoms with Gasteiger partial charge in [0.2, 0.25) is 5.91 Å². The van der Waals surface area contributed by atoms with E-state index in [2.05, 4.69) is 4.90 Å². The number of carbonyl (C=O) groups is 1. The van der Waals surface area contributed by atoms with E-state index in [4.69, 9.17) is 4.74 Å². The molecule has 0 spiro atoms. The molecule has 2 fully saturated rings. The summed E-state index contributed by atoms with van der Waals surface area (Å²) in [7, 11) is 0. The number of hydrogen-bond acceptors (Lipinski definition) is 2. The van der Waals surface area contributed by atoms with E-state index >= 15 is 0 Å². The Bertz CT molecular complexity index is 252. The van der Waals surface area contributed by atoms with Gasteiger partial charge in [0.15, 0.2) is 0 Å². The minimum atomic E-state index is 0.147. The summed E-state index contributed by atoms with van der Waals surface area (Å²) >= 11 is 0. The zero-order valence-electron chi connectivity index (χ0n) is 10.4. The molecule has 1 saturated carbocycles. The lowest BCUT2D eigenvalue weighted by atomic mass is 9.85. The molecular weight excluding hydrogens is 202 g/mol. The van der Waals surface area contributed by atoms with E-state index in [1.165, 1.54) is 32.1 Å². The van der Waals surface area contributed by atoms with Gasteiger partial charge in [-0.25, -0.2) is 0 Å². The Balaban J connectivity index is 1.87. The van der Waals surface area contributed by atoms with Crippen LogP contribution in [0, 0.1) is 5.92 Å². The van der Waals surface area contributed by atoms with Crippen LogP contribution in [0.3, 0.4) is 0 Å². The summed E-state index contributed by atoms with van der Waals surface area (Å²) in [5.74, 6) is 0.972. The summed E-state index contributed by atoms with van der Waals surface area (Å²) in [5, 5.41) is 0. The fraction of sp³-hybridized carbons (Fsp3) is 0.923. The summed E-state index contributed by atoms with van der Waals surface area (Å²) < 4.78 is 5.40. The second-order valence-electron chi connectivity index (χ2n) is 5.35. The number of carbonyl (C=O) groups excluding carboxylic acids is 1. The van der Waals surface area contributed by atoms with E-state index in [1.54, 1.807) is 0 Å². The Labute approximate surface area is 98.1 Å². The zero-order chi connectivity index (χ0) is 11.5. The molecule has 92 valence electrons. The van der Waals surface area contributed by atoms with Gasteiger partial charge in [-0.15, -0.1) is 0 Å². The fourth-order valence-corrected chi connectivity index (χ4v) is 3.04. The Hall–Kier alpha value is -0.570. The maximum absolute atomic E-state index is 12.0. The molecule has 0 aromatic rings. The molecule has 0 aromatic carbocycles. The summed E-state index contributed by atoms with van der Waals surface area (Å²) in [5.41, 5.74) is 0. The minimum absolute atomic E-state index is 0.147. The average Bonchev–Trinajstić information content (AvgIpc) is 2.69.